The van der Waals surface area contributed by atoms with Crippen LogP contribution in [0.2, 0.25) is 0 Å². The molecule has 0 amide bonds. The summed E-state index contributed by atoms with van der Waals surface area (Å²) in [6.45, 7) is 2.60. The number of ether oxygens (including phenoxy) is 1. The maximum absolute atomic E-state index is 12.4. The highest BCUT2D eigenvalue weighted by Gasteiger charge is 2.21. The molecule has 0 bridgehead atoms. The predicted octanol–water partition coefficient (Wildman–Crippen LogP) is 1.04. The first-order valence-corrected chi connectivity index (χ1v) is 7.74. The fourth-order valence-corrected chi connectivity index (χ4v) is 3.00. The van der Waals surface area contributed by atoms with Crippen LogP contribution in [0.25, 0.3) is 0 Å². The van der Waals surface area contributed by atoms with Gasteiger partial charge >= 0.3 is 0 Å². The van der Waals surface area contributed by atoms with Gasteiger partial charge in [0.1, 0.15) is 5.75 Å². The average Bonchev–Trinajstić information content (AvgIpc) is 2.44. The van der Waals surface area contributed by atoms with Crippen LogP contribution in [-0.2, 0) is 10.0 Å². The van der Waals surface area contributed by atoms with Gasteiger partial charge in [0.2, 0.25) is 10.0 Å². The summed E-state index contributed by atoms with van der Waals surface area (Å²) in [4.78, 5) is 0.204. The minimum Gasteiger partial charge on any atom is -0.495 e. The Labute approximate surface area is 120 Å². The second kappa shape index (κ2) is 7.29. The van der Waals surface area contributed by atoms with Crippen molar-refractivity contribution < 1.29 is 13.2 Å². The monoisotopic (exact) mass is 296 g/mol. The molecular formula is C14H20N2O3S. The van der Waals surface area contributed by atoms with Gasteiger partial charge in [-0.3, -0.25) is 0 Å². The van der Waals surface area contributed by atoms with Gasteiger partial charge in [-0.05, 0) is 24.6 Å². The van der Waals surface area contributed by atoms with Crippen LogP contribution in [0.1, 0.15) is 18.9 Å². The van der Waals surface area contributed by atoms with Crippen molar-refractivity contribution in [3.8, 4) is 17.6 Å². The van der Waals surface area contributed by atoms with Crippen LogP contribution in [0.15, 0.2) is 23.1 Å². The van der Waals surface area contributed by atoms with Crippen molar-refractivity contribution in [2.24, 2.45) is 5.73 Å². The van der Waals surface area contributed by atoms with Gasteiger partial charge in [-0.25, -0.2) is 12.7 Å². The zero-order chi connectivity index (χ0) is 15.2. The fourth-order valence-electron chi connectivity index (χ4n) is 1.71. The van der Waals surface area contributed by atoms with Gasteiger partial charge < -0.3 is 10.5 Å². The van der Waals surface area contributed by atoms with E-state index in [4.69, 9.17) is 10.5 Å². The van der Waals surface area contributed by atoms with Crippen molar-refractivity contribution in [2.45, 2.75) is 18.2 Å². The largest absolute Gasteiger partial charge is 0.495 e. The molecule has 0 aliphatic heterocycles. The first kappa shape index (κ1) is 16.5. The van der Waals surface area contributed by atoms with Crippen LogP contribution >= 0.6 is 0 Å². The molecule has 0 aromatic heterocycles. The predicted molar refractivity (Wildman–Crippen MR) is 79.0 cm³/mol. The molecule has 0 spiro atoms. The second-order valence-corrected chi connectivity index (χ2v) is 6.24. The lowest BCUT2D eigenvalue weighted by molar-refractivity contribution is 0.413. The van der Waals surface area contributed by atoms with Crippen molar-refractivity contribution in [1.82, 2.24) is 4.31 Å². The Kier molecular flexibility index (Phi) is 6.02. The summed E-state index contributed by atoms with van der Waals surface area (Å²) in [5.74, 6) is 6.06. The van der Waals surface area contributed by atoms with Crippen LogP contribution < -0.4 is 10.5 Å². The van der Waals surface area contributed by atoms with Crippen LogP contribution in [0.3, 0.4) is 0 Å². The molecule has 0 aliphatic rings. The molecule has 0 radical (unpaired) electrons. The summed E-state index contributed by atoms with van der Waals surface area (Å²) < 4.78 is 31.2. The lowest BCUT2D eigenvalue weighted by Gasteiger charge is -2.16. The van der Waals surface area contributed by atoms with Gasteiger partial charge in [0, 0.05) is 13.6 Å². The summed E-state index contributed by atoms with van der Waals surface area (Å²) in [5.41, 5.74) is 5.86. The molecule has 2 N–H and O–H groups in total. The Morgan fingerprint density at radius 3 is 2.65 bits per heavy atom. The molecule has 0 saturated heterocycles. The topological polar surface area (TPSA) is 72.6 Å². The van der Waals surface area contributed by atoms with Crippen molar-refractivity contribution in [2.75, 3.05) is 27.2 Å². The third kappa shape index (κ3) is 3.73. The summed E-state index contributed by atoms with van der Waals surface area (Å²) >= 11 is 0. The molecular weight excluding hydrogens is 276 g/mol. The van der Waals surface area contributed by atoms with E-state index in [0.717, 1.165) is 6.42 Å². The summed E-state index contributed by atoms with van der Waals surface area (Å²) in [5, 5.41) is 0. The highest BCUT2D eigenvalue weighted by Crippen LogP contribution is 2.23. The highest BCUT2D eigenvalue weighted by atomic mass is 32.2. The number of hydrogen-bond donors (Lipinski definition) is 1. The van der Waals surface area contributed by atoms with Gasteiger partial charge in [-0.1, -0.05) is 18.8 Å². The Morgan fingerprint density at radius 2 is 2.10 bits per heavy atom. The molecule has 1 aromatic carbocycles. The quantitative estimate of drug-likeness (QED) is 0.824. The zero-order valence-electron chi connectivity index (χ0n) is 12.0. The molecule has 110 valence electrons. The van der Waals surface area contributed by atoms with Gasteiger partial charge in [-0.15, -0.1) is 0 Å². The smallest absolute Gasteiger partial charge is 0.242 e. The van der Waals surface area contributed by atoms with E-state index in [9.17, 15) is 8.42 Å². The van der Waals surface area contributed by atoms with E-state index < -0.39 is 10.0 Å². The van der Waals surface area contributed by atoms with E-state index in [0.29, 0.717) is 17.9 Å². The number of nitrogens with two attached hydrogens (primary N) is 1. The molecule has 1 aromatic rings. The minimum atomic E-state index is -3.49. The molecule has 0 unspecified atom stereocenters. The number of benzene rings is 1. The van der Waals surface area contributed by atoms with E-state index >= 15 is 0 Å². The van der Waals surface area contributed by atoms with Crippen molar-refractivity contribution >= 4 is 10.0 Å². The molecule has 0 atom stereocenters. The summed E-state index contributed by atoms with van der Waals surface area (Å²) in [6, 6.07) is 4.64. The first-order chi connectivity index (χ1) is 9.47. The third-order valence-electron chi connectivity index (χ3n) is 2.74. The van der Waals surface area contributed by atoms with Crippen LogP contribution in [0.5, 0.6) is 5.75 Å². The maximum atomic E-state index is 12.4. The second-order valence-electron chi connectivity index (χ2n) is 4.19. The molecule has 5 nitrogen and oxygen atoms in total. The minimum absolute atomic E-state index is 0.204. The van der Waals surface area contributed by atoms with E-state index in [1.165, 1.54) is 23.5 Å². The molecule has 0 saturated carbocycles. The third-order valence-corrected chi connectivity index (χ3v) is 4.60. The lowest BCUT2D eigenvalue weighted by atomic mass is 10.2. The van der Waals surface area contributed by atoms with E-state index in [2.05, 4.69) is 11.8 Å². The number of methoxy groups -OCH3 is 1. The molecule has 1 rings (SSSR count). The van der Waals surface area contributed by atoms with E-state index in [1.807, 2.05) is 6.92 Å². The highest BCUT2D eigenvalue weighted by molar-refractivity contribution is 7.89. The fraction of sp³-hybridized carbons (Fsp3) is 0.429. The first-order valence-electron chi connectivity index (χ1n) is 6.30. The van der Waals surface area contributed by atoms with Crippen LogP contribution in [0, 0.1) is 11.8 Å². The number of rotatable bonds is 5. The normalized spacial score (nSPS) is 11.1. The Morgan fingerprint density at radius 1 is 1.40 bits per heavy atom. The molecule has 6 heteroatoms. The van der Waals surface area contributed by atoms with Gasteiger partial charge in [0.05, 0.1) is 24.1 Å². The number of sulfonamides is 1. The van der Waals surface area contributed by atoms with Crippen LogP contribution in [0.4, 0.5) is 0 Å². The van der Waals surface area contributed by atoms with Crippen LogP contribution in [-0.4, -0.2) is 40.0 Å². The number of hydrogen-bond acceptors (Lipinski definition) is 4. The van der Waals surface area contributed by atoms with Crippen molar-refractivity contribution in [1.29, 1.82) is 0 Å². The van der Waals surface area contributed by atoms with Gasteiger partial charge in [-0.2, -0.15) is 0 Å². The molecule has 20 heavy (non-hydrogen) atoms. The summed E-state index contributed by atoms with van der Waals surface area (Å²) in [6.07, 6.45) is 0.756. The molecule has 0 heterocycles. The summed E-state index contributed by atoms with van der Waals surface area (Å²) in [7, 11) is -0.417. The van der Waals surface area contributed by atoms with Gasteiger partial charge in [0.15, 0.2) is 0 Å². The maximum Gasteiger partial charge on any atom is 0.242 e. The van der Waals surface area contributed by atoms with Crippen molar-refractivity contribution in [3.05, 3.63) is 23.8 Å². The Hall–Kier alpha value is -1.55. The van der Waals surface area contributed by atoms with E-state index in [-0.39, 0.29) is 11.4 Å². The average molecular weight is 296 g/mol. The Bertz CT molecular complexity index is 615. The molecule has 0 fully saturated rings. The Balaban J connectivity index is 3.27. The standard InChI is InChI=1S/C14H20N2O3S/c1-4-10-16(2)20(17,18)13-7-8-14(19-3)12(11-13)6-5-9-15/h7-8,11H,4,9-10,15H2,1-3H3. The zero-order valence-corrected chi connectivity index (χ0v) is 12.8. The molecule has 0 aliphatic carbocycles. The van der Waals surface area contributed by atoms with E-state index in [1.54, 1.807) is 13.1 Å². The SMILES string of the molecule is CCCN(C)S(=O)(=O)c1ccc(OC)c(C#CCN)c1. The van der Waals surface area contributed by atoms with Gasteiger partial charge in [0.25, 0.3) is 0 Å². The lowest BCUT2D eigenvalue weighted by Crippen LogP contribution is -2.27. The van der Waals surface area contributed by atoms with Crippen molar-refractivity contribution in [3.63, 3.8) is 0 Å². The number of nitrogens with zero attached hydrogens (tertiary/aromatic N) is 1.